The molecule has 20 heavy (non-hydrogen) atoms. The quantitative estimate of drug-likeness (QED) is 0.880. The zero-order valence-corrected chi connectivity index (χ0v) is 11.1. The van der Waals surface area contributed by atoms with Gasteiger partial charge in [0.25, 0.3) is 0 Å². The minimum Gasteiger partial charge on any atom is -0.326 e. The van der Waals surface area contributed by atoms with Crippen molar-refractivity contribution in [3.05, 3.63) is 36.9 Å². The van der Waals surface area contributed by atoms with Crippen molar-refractivity contribution in [3.8, 4) is 5.69 Å². The molecule has 1 atom stereocenters. The predicted octanol–water partition coefficient (Wildman–Crippen LogP) is 1.35. The van der Waals surface area contributed by atoms with Gasteiger partial charge in [-0.15, -0.1) is 0 Å². The fraction of sp³-hybridized carbons (Fsp3) is 0.357. The van der Waals surface area contributed by atoms with Gasteiger partial charge in [-0.25, -0.2) is 9.67 Å². The van der Waals surface area contributed by atoms with E-state index in [1.807, 2.05) is 24.3 Å². The van der Waals surface area contributed by atoms with Crippen LogP contribution in [0.4, 0.5) is 5.69 Å². The number of hydrogen-bond donors (Lipinski definition) is 2. The van der Waals surface area contributed by atoms with Crippen LogP contribution >= 0.6 is 0 Å². The first-order chi connectivity index (χ1) is 9.81. The average Bonchev–Trinajstić information content (AvgIpc) is 3.12. The maximum absolute atomic E-state index is 11.9. The molecule has 1 fully saturated rings. The van der Waals surface area contributed by atoms with Gasteiger partial charge in [0.1, 0.15) is 12.7 Å². The van der Waals surface area contributed by atoms with E-state index in [4.69, 9.17) is 0 Å². The van der Waals surface area contributed by atoms with Crippen LogP contribution in [0.5, 0.6) is 0 Å². The van der Waals surface area contributed by atoms with Crippen molar-refractivity contribution in [2.45, 2.75) is 25.3 Å². The SMILES string of the molecule is O=C(CC1CCCN1)Nc1ccc(-n2cncn2)cc1. The highest BCUT2D eigenvalue weighted by Gasteiger charge is 2.17. The van der Waals surface area contributed by atoms with Gasteiger partial charge in [0.05, 0.1) is 5.69 Å². The van der Waals surface area contributed by atoms with Gasteiger partial charge in [0.2, 0.25) is 5.91 Å². The van der Waals surface area contributed by atoms with E-state index in [0.29, 0.717) is 12.5 Å². The first-order valence-electron chi connectivity index (χ1n) is 6.79. The van der Waals surface area contributed by atoms with Crippen molar-refractivity contribution >= 4 is 11.6 Å². The van der Waals surface area contributed by atoms with Crippen LogP contribution in [0.2, 0.25) is 0 Å². The van der Waals surface area contributed by atoms with Crippen LogP contribution in [0.1, 0.15) is 19.3 Å². The molecule has 0 spiro atoms. The number of aromatic nitrogens is 3. The van der Waals surface area contributed by atoms with Crippen molar-refractivity contribution in [2.24, 2.45) is 0 Å². The largest absolute Gasteiger partial charge is 0.326 e. The summed E-state index contributed by atoms with van der Waals surface area (Å²) in [7, 11) is 0. The van der Waals surface area contributed by atoms with Gasteiger partial charge in [-0.2, -0.15) is 5.10 Å². The van der Waals surface area contributed by atoms with E-state index in [9.17, 15) is 4.79 Å². The van der Waals surface area contributed by atoms with Gasteiger partial charge in [0.15, 0.2) is 0 Å². The van der Waals surface area contributed by atoms with Crippen LogP contribution in [0.15, 0.2) is 36.9 Å². The smallest absolute Gasteiger partial charge is 0.225 e. The van der Waals surface area contributed by atoms with E-state index in [2.05, 4.69) is 20.7 Å². The molecule has 1 unspecified atom stereocenters. The molecular formula is C14H17N5O. The van der Waals surface area contributed by atoms with Crippen LogP contribution in [-0.2, 0) is 4.79 Å². The number of carbonyl (C=O) groups is 1. The third kappa shape index (κ3) is 3.03. The van der Waals surface area contributed by atoms with Gasteiger partial charge in [-0.3, -0.25) is 4.79 Å². The first-order valence-corrected chi connectivity index (χ1v) is 6.79. The van der Waals surface area contributed by atoms with Crippen molar-refractivity contribution in [3.63, 3.8) is 0 Å². The number of carbonyl (C=O) groups excluding carboxylic acids is 1. The lowest BCUT2D eigenvalue weighted by Crippen LogP contribution is -2.27. The van der Waals surface area contributed by atoms with Gasteiger partial charge < -0.3 is 10.6 Å². The van der Waals surface area contributed by atoms with Crippen molar-refractivity contribution in [1.82, 2.24) is 20.1 Å². The summed E-state index contributed by atoms with van der Waals surface area (Å²) in [6, 6.07) is 7.87. The number of nitrogens with zero attached hydrogens (tertiary/aromatic N) is 3. The van der Waals surface area contributed by atoms with Gasteiger partial charge in [0, 0.05) is 18.2 Å². The molecule has 6 heteroatoms. The number of hydrogen-bond acceptors (Lipinski definition) is 4. The number of anilines is 1. The van der Waals surface area contributed by atoms with Gasteiger partial charge in [-0.05, 0) is 43.7 Å². The highest BCUT2D eigenvalue weighted by molar-refractivity contribution is 5.91. The Kier molecular flexibility index (Phi) is 3.73. The van der Waals surface area contributed by atoms with Crippen LogP contribution in [0.25, 0.3) is 5.69 Å². The zero-order valence-electron chi connectivity index (χ0n) is 11.1. The summed E-state index contributed by atoms with van der Waals surface area (Å²) >= 11 is 0. The Balaban J connectivity index is 1.59. The van der Waals surface area contributed by atoms with Crippen LogP contribution in [-0.4, -0.2) is 33.3 Å². The summed E-state index contributed by atoms with van der Waals surface area (Å²) in [4.78, 5) is 15.8. The Labute approximate surface area is 117 Å². The van der Waals surface area contributed by atoms with Crippen LogP contribution in [0.3, 0.4) is 0 Å². The Hall–Kier alpha value is -2.21. The minimum atomic E-state index is 0.0536. The van der Waals surface area contributed by atoms with E-state index < -0.39 is 0 Å². The Morgan fingerprint density at radius 3 is 2.90 bits per heavy atom. The summed E-state index contributed by atoms with van der Waals surface area (Å²) in [5.41, 5.74) is 1.72. The summed E-state index contributed by atoms with van der Waals surface area (Å²) in [6.07, 6.45) is 5.90. The maximum atomic E-state index is 11.9. The predicted molar refractivity (Wildman–Crippen MR) is 75.6 cm³/mol. The summed E-state index contributed by atoms with van der Waals surface area (Å²) in [5.74, 6) is 0.0536. The molecule has 3 rings (SSSR count). The van der Waals surface area contributed by atoms with Crippen molar-refractivity contribution in [1.29, 1.82) is 0 Å². The van der Waals surface area contributed by atoms with Crippen LogP contribution < -0.4 is 10.6 Å². The van der Waals surface area contributed by atoms with E-state index in [1.54, 1.807) is 11.0 Å². The fourth-order valence-corrected chi connectivity index (χ4v) is 2.41. The highest BCUT2D eigenvalue weighted by Crippen LogP contribution is 2.14. The summed E-state index contributed by atoms with van der Waals surface area (Å²) in [6.45, 7) is 1.02. The van der Waals surface area contributed by atoms with E-state index in [0.717, 1.165) is 30.8 Å². The lowest BCUT2D eigenvalue weighted by molar-refractivity contribution is -0.116. The molecule has 1 aromatic heterocycles. The number of rotatable bonds is 4. The average molecular weight is 271 g/mol. The lowest BCUT2D eigenvalue weighted by Gasteiger charge is -2.10. The Morgan fingerprint density at radius 2 is 2.25 bits per heavy atom. The molecule has 1 aliphatic rings. The lowest BCUT2D eigenvalue weighted by atomic mass is 10.1. The molecule has 1 saturated heterocycles. The molecule has 6 nitrogen and oxygen atoms in total. The second kappa shape index (κ2) is 5.83. The third-order valence-corrected chi connectivity index (χ3v) is 3.43. The summed E-state index contributed by atoms with van der Waals surface area (Å²) in [5, 5.41) is 10.3. The Morgan fingerprint density at radius 1 is 1.40 bits per heavy atom. The molecule has 1 amide bonds. The van der Waals surface area contributed by atoms with Crippen LogP contribution in [0, 0.1) is 0 Å². The number of benzene rings is 1. The van der Waals surface area contributed by atoms with Crippen molar-refractivity contribution < 1.29 is 4.79 Å². The zero-order chi connectivity index (χ0) is 13.8. The van der Waals surface area contributed by atoms with Gasteiger partial charge >= 0.3 is 0 Å². The second-order valence-corrected chi connectivity index (χ2v) is 4.93. The molecular weight excluding hydrogens is 254 g/mol. The third-order valence-electron chi connectivity index (χ3n) is 3.43. The normalized spacial score (nSPS) is 18.1. The molecule has 2 heterocycles. The fourth-order valence-electron chi connectivity index (χ4n) is 2.41. The number of amides is 1. The molecule has 104 valence electrons. The molecule has 0 bridgehead atoms. The van der Waals surface area contributed by atoms with Crippen molar-refractivity contribution in [2.75, 3.05) is 11.9 Å². The molecule has 2 N–H and O–H groups in total. The van der Waals surface area contributed by atoms with E-state index in [1.165, 1.54) is 6.33 Å². The minimum absolute atomic E-state index is 0.0536. The highest BCUT2D eigenvalue weighted by atomic mass is 16.1. The molecule has 2 aromatic rings. The second-order valence-electron chi connectivity index (χ2n) is 4.93. The molecule has 0 saturated carbocycles. The molecule has 1 aliphatic heterocycles. The maximum Gasteiger partial charge on any atom is 0.225 e. The standard InChI is InChI=1S/C14H17N5O/c20-14(8-12-2-1-7-16-12)18-11-3-5-13(6-4-11)19-10-15-9-17-19/h3-6,9-10,12,16H,1-2,7-8H2,(H,18,20). The molecule has 0 radical (unpaired) electrons. The topological polar surface area (TPSA) is 71.8 Å². The van der Waals surface area contributed by atoms with E-state index >= 15 is 0 Å². The molecule has 1 aromatic carbocycles. The van der Waals surface area contributed by atoms with E-state index in [-0.39, 0.29) is 5.91 Å². The Bertz CT molecular complexity index is 558. The summed E-state index contributed by atoms with van der Waals surface area (Å²) < 4.78 is 1.67. The van der Waals surface area contributed by atoms with Gasteiger partial charge in [-0.1, -0.05) is 0 Å². The molecule has 0 aliphatic carbocycles. The number of nitrogens with one attached hydrogen (secondary N) is 2. The monoisotopic (exact) mass is 271 g/mol. The first kappa shape index (κ1) is 12.8.